The first-order chi connectivity index (χ1) is 7.59. The van der Waals surface area contributed by atoms with Gasteiger partial charge in [0.2, 0.25) is 5.78 Å². The fraction of sp³-hybridized carbons (Fsp3) is 0.100. The maximum atomic E-state index is 12.1. The van der Waals surface area contributed by atoms with Gasteiger partial charge < -0.3 is 0 Å². The van der Waals surface area contributed by atoms with Crippen LogP contribution in [0.1, 0.15) is 16.1 Å². The summed E-state index contributed by atoms with van der Waals surface area (Å²) in [5, 5.41) is 4.00. The Morgan fingerprint density at radius 1 is 1.31 bits per heavy atom. The van der Waals surface area contributed by atoms with Gasteiger partial charge in [-0.15, -0.1) is 0 Å². The van der Waals surface area contributed by atoms with Crippen molar-refractivity contribution >= 4 is 37.6 Å². The molecule has 0 amide bonds. The van der Waals surface area contributed by atoms with Gasteiger partial charge in [-0.2, -0.15) is 5.10 Å². The number of pyridine rings is 1. The van der Waals surface area contributed by atoms with Crippen LogP contribution in [0.2, 0.25) is 0 Å². The number of aromatic nitrogens is 3. The van der Waals surface area contributed by atoms with Gasteiger partial charge in [0.05, 0.1) is 10.7 Å². The average Bonchev–Trinajstić information content (AvgIpc) is 2.58. The van der Waals surface area contributed by atoms with Crippen molar-refractivity contribution in [2.75, 3.05) is 0 Å². The molecule has 0 aliphatic carbocycles. The van der Waals surface area contributed by atoms with E-state index in [0.29, 0.717) is 15.7 Å². The molecule has 2 heterocycles. The fourth-order valence-electron chi connectivity index (χ4n) is 1.34. The molecule has 0 aliphatic heterocycles. The second-order valence-electron chi connectivity index (χ2n) is 3.19. The molecule has 16 heavy (non-hydrogen) atoms. The lowest BCUT2D eigenvalue weighted by Gasteiger charge is -2.02. The van der Waals surface area contributed by atoms with Gasteiger partial charge in [0.15, 0.2) is 0 Å². The predicted octanol–water partition coefficient (Wildman–Crippen LogP) is 2.57. The Hall–Kier alpha value is -1.01. The molecule has 0 radical (unpaired) electrons. The normalized spacial score (nSPS) is 10.4. The Bertz CT molecular complexity index is 531. The number of ketones is 1. The topological polar surface area (TPSA) is 47.8 Å². The summed E-state index contributed by atoms with van der Waals surface area (Å²) < 4.78 is 2.99. The number of carbonyl (C=O) groups excluding carboxylic acids is 1. The first-order valence-corrected chi connectivity index (χ1v) is 6.01. The average molecular weight is 345 g/mol. The second-order valence-corrected chi connectivity index (χ2v) is 4.96. The van der Waals surface area contributed by atoms with Crippen LogP contribution in [0.15, 0.2) is 33.6 Å². The number of hydrogen-bond donors (Lipinski definition) is 0. The molecule has 0 saturated heterocycles. The third kappa shape index (κ3) is 2.08. The summed E-state index contributed by atoms with van der Waals surface area (Å²) in [6.45, 7) is 0. The van der Waals surface area contributed by atoms with Gasteiger partial charge >= 0.3 is 0 Å². The molecule has 0 atom stereocenters. The Labute approximate surface area is 109 Å². The van der Waals surface area contributed by atoms with E-state index in [1.54, 1.807) is 25.5 Å². The van der Waals surface area contributed by atoms with E-state index in [9.17, 15) is 4.79 Å². The van der Waals surface area contributed by atoms with Crippen LogP contribution in [-0.4, -0.2) is 20.5 Å². The zero-order chi connectivity index (χ0) is 11.7. The summed E-state index contributed by atoms with van der Waals surface area (Å²) in [4.78, 5) is 16.1. The van der Waals surface area contributed by atoms with Crippen molar-refractivity contribution in [2.24, 2.45) is 7.05 Å². The molecule has 6 heteroatoms. The van der Waals surface area contributed by atoms with E-state index in [2.05, 4.69) is 41.9 Å². The standard InChI is InChI=1S/C10H7Br2N3O/c1-15-9(8(12)5-14-15)10(16)6-2-7(11)4-13-3-6/h2-5H,1H3. The van der Waals surface area contributed by atoms with E-state index in [0.717, 1.165) is 4.47 Å². The molecule has 0 aromatic carbocycles. The highest BCUT2D eigenvalue weighted by Gasteiger charge is 2.17. The molecule has 0 saturated carbocycles. The van der Waals surface area contributed by atoms with Crippen molar-refractivity contribution in [1.29, 1.82) is 0 Å². The quantitative estimate of drug-likeness (QED) is 0.787. The lowest BCUT2D eigenvalue weighted by atomic mass is 10.1. The van der Waals surface area contributed by atoms with Gasteiger partial charge in [-0.25, -0.2) is 0 Å². The molecule has 0 spiro atoms. The molecular formula is C10H7Br2N3O. The maximum Gasteiger partial charge on any atom is 0.213 e. The minimum Gasteiger partial charge on any atom is -0.287 e. The molecule has 4 nitrogen and oxygen atoms in total. The molecule has 2 aromatic rings. The van der Waals surface area contributed by atoms with Crippen LogP contribution in [0.3, 0.4) is 0 Å². The zero-order valence-corrected chi connectivity index (χ0v) is 11.5. The molecule has 82 valence electrons. The van der Waals surface area contributed by atoms with Crippen molar-refractivity contribution in [3.05, 3.63) is 44.9 Å². The van der Waals surface area contributed by atoms with Crippen LogP contribution in [0.25, 0.3) is 0 Å². The van der Waals surface area contributed by atoms with Crippen molar-refractivity contribution in [2.45, 2.75) is 0 Å². The number of rotatable bonds is 2. The van der Waals surface area contributed by atoms with Crippen molar-refractivity contribution in [3.63, 3.8) is 0 Å². The van der Waals surface area contributed by atoms with Crippen LogP contribution in [0.4, 0.5) is 0 Å². The molecule has 0 aliphatic rings. The largest absolute Gasteiger partial charge is 0.287 e. The van der Waals surface area contributed by atoms with Crippen molar-refractivity contribution in [1.82, 2.24) is 14.8 Å². The van der Waals surface area contributed by atoms with E-state index < -0.39 is 0 Å². The van der Waals surface area contributed by atoms with Crippen LogP contribution < -0.4 is 0 Å². The monoisotopic (exact) mass is 343 g/mol. The Morgan fingerprint density at radius 3 is 2.62 bits per heavy atom. The van der Waals surface area contributed by atoms with Gasteiger partial charge in [-0.1, -0.05) is 0 Å². The predicted molar refractivity (Wildman–Crippen MR) is 66.3 cm³/mol. The highest BCUT2D eigenvalue weighted by molar-refractivity contribution is 9.10. The minimum atomic E-state index is -0.110. The molecule has 0 N–H and O–H groups in total. The van der Waals surface area contributed by atoms with Gasteiger partial charge in [0, 0.05) is 29.5 Å². The highest BCUT2D eigenvalue weighted by atomic mass is 79.9. The van der Waals surface area contributed by atoms with E-state index in [4.69, 9.17) is 0 Å². The molecule has 2 aromatic heterocycles. The summed E-state index contributed by atoms with van der Waals surface area (Å²) in [5.41, 5.74) is 1.04. The lowest BCUT2D eigenvalue weighted by molar-refractivity contribution is 0.102. The van der Waals surface area contributed by atoms with Crippen molar-refractivity contribution < 1.29 is 4.79 Å². The Morgan fingerprint density at radius 2 is 2.06 bits per heavy atom. The van der Waals surface area contributed by atoms with E-state index >= 15 is 0 Å². The van der Waals surface area contributed by atoms with E-state index in [-0.39, 0.29) is 5.78 Å². The summed E-state index contributed by atoms with van der Waals surface area (Å²) >= 11 is 6.58. The van der Waals surface area contributed by atoms with E-state index in [1.807, 2.05) is 0 Å². The second kappa shape index (κ2) is 4.47. The van der Waals surface area contributed by atoms with E-state index in [1.165, 1.54) is 10.9 Å². The lowest BCUT2D eigenvalue weighted by Crippen LogP contribution is -2.09. The van der Waals surface area contributed by atoms with Gasteiger partial charge in [0.25, 0.3) is 0 Å². The minimum absolute atomic E-state index is 0.110. The molecule has 0 bridgehead atoms. The fourth-order valence-corrected chi connectivity index (χ4v) is 2.23. The number of nitrogens with zero attached hydrogens (tertiary/aromatic N) is 3. The summed E-state index contributed by atoms with van der Waals surface area (Å²) in [5.74, 6) is -0.110. The Kier molecular flexibility index (Phi) is 3.20. The van der Waals surface area contributed by atoms with Gasteiger partial charge in [-0.05, 0) is 37.9 Å². The van der Waals surface area contributed by atoms with Gasteiger partial charge in [0.1, 0.15) is 5.69 Å². The van der Waals surface area contributed by atoms with Crippen LogP contribution in [-0.2, 0) is 7.05 Å². The number of hydrogen-bond acceptors (Lipinski definition) is 3. The first kappa shape index (κ1) is 11.5. The summed E-state index contributed by atoms with van der Waals surface area (Å²) in [7, 11) is 1.73. The molecule has 0 fully saturated rings. The summed E-state index contributed by atoms with van der Waals surface area (Å²) in [6, 6.07) is 1.73. The number of carbonyl (C=O) groups is 1. The van der Waals surface area contributed by atoms with Crippen molar-refractivity contribution in [3.8, 4) is 0 Å². The number of halogens is 2. The van der Waals surface area contributed by atoms with Crippen LogP contribution in [0.5, 0.6) is 0 Å². The molecule has 0 unspecified atom stereocenters. The van der Waals surface area contributed by atoms with Crippen LogP contribution in [0, 0.1) is 0 Å². The third-order valence-corrected chi connectivity index (χ3v) is 3.09. The first-order valence-electron chi connectivity index (χ1n) is 4.42. The summed E-state index contributed by atoms with van der Waals surface area (Å²) in [6.07, 6.45) is 4.76. The SMILES string of the molecule is Cn1ncc(Br)c1C(=O)c1cncc(Br)c1. The molecule has 2 rings (SSSR count). The van der Waals surface area contributed by atoms with Gasteiger partial charge in [-0.3, -0.25) is 14.5 Å². The third-order valence-electron chi connectivity index (χ3n) is 2.08. The zero-order valence-electron chi connectivity index (χ0n) is 8.32. The maximum absolute atomic E-state index is 12.1. The molecular weight excluding hydrogens is 338 g/mol. The smallest absolute Gasteiger partial charge is 0.213 e. The highest BCUT2D eigenvalue weighted by Crippen LogP contribution is 2.20. The Balaban J connectivity index is 2.47. The van der Waals surface area contributed by atoms with Crippen LogP contribution >= 0.6 is 31.9 Å². The number of aryl methyl sites for hydroxylation is 1.